The van der Waals surface area contributed by atoms with E-state index in [-0.39, 0.29) is 10.8 Å². The van der Waals surface area contributed by atoms with E-state index in [4.69, 9.17) is 9.05 Å². The van der Waals surface area contributed by atoms with Crippen LogP contribution < -0.4 is 0 Å². The summed E-state index contributed by atoms with van der Waals surface area (Å²) in [6.45, 7) is 7.41. The van der Waals surface area contributed by atoms with Crippen molar-refractivity contribution < 1.29 is 13.9 Å². The summed E-state index contributed by atoms with van der Waals surface area (Å²) < 4.78 is 11.9. The molecule has 3 nitrogen and oxygen atoms in total. The van der Waals surface area contributed by atoms with Crippen LogP contribution in [-0.2, 0) is 21.3 Å². The summed E-state index contributed by atoms with van der Waals surface area (Å²) in [5.74, 6) is 0.650. The first kappa shape index (κ1) is 14.1. The van der Waals surface area contributed by atoms with Crippen molar-refractivity contribution in [3.63, 3.8) is 0 Å². The zero-order valence-corrected chi connectivity index (χ0v) is 13.8. The van der Waals surface area contributed by atoms with Crippen molar-refractivity contribution in [2.24, 2.45) is 16.7 Å². The first-order valence-corrected chi connectivity index (χ1v) is 8.93. The Bertz CT molecular complexity index is 580. The van der Waals surface area contributed by atoms with Crippen LogP contribution in [0.2, 0.25) is 0 Å². The molecule has 0 aromatic heterocycles. The molecule has 1 aliphatic heterocycles. The summed E-state index contributed by atoms with van der Waals surface area (Å²) >= 11 is 0. The van der Waals surface area contributed by atoms with Crippen LogP contribution in [0.4, 0.5) is 0 Å². The molecule has 2 fully saturated rings. The average molecular weight is 306 g/mol. The Kier molecular flexibility index (Phi) is 2.89. The third-order valence-electron chi connectivity index (χ3n) is 6.46. The van der Waals surface area contributed by atoms with E-state index >= 15 is 0 Å². The monoisotopic (exact) mass is 306 g/mol. The van der Waals surface area contributed by atoms with Crippen molar-refractivity contribution in [1.82, 2.24) is 0 Å². The summed E-state index contributed by atoms with van der Waals surface area (Å²) in [4.78, 5) is 10.3. The van der Waals surface area contributed by atoms with Gasteiger partial charge in [0.25, 0.3) is 0 Å². The van der Waals surface area contributed by atoms with Crippen LogP contribution in [0.1, 0.15) is 51.2 Å². The largest absolute Gasteiger partial charge is 0.331 e. The van der Waals surface area contributed by atoms with Crippen molar-refractivity contribution in [3.8, 4) is 0 Å². The number of hydrogen-bond acceptors (Lipinski definition) is 3. The minimum atomic E-state index is -1.83. The third kappa shape index (κ3) is 1.59. The fraction of sp³-hybridized carbons (Fsp3) is 0.647. The van der Waals surface area contributed by atoms with Crippen molar-refractivity contribution >= 4 is 8.60 Å². The van der Waals surface area contributed by atoms with E-state index in [2.05, 4.69) is 39.0 Å². The van der Waals surface area contributed by atoms with Crippen LogP contribution in [0, 0.1) is 16.7 Å². The number of fused-ring (bicyclic) bond motifs is 5. The van der Waals surface area contributed by atoms with Crippen LogP contribution in [-0.4, -0.2) is 4.89 Å². The maximum Gasteiger partial charge on any atom is 0.331 e. The SMILES string of the molecule is CC1(C)[C@H]2CC[C@](C)(C2)[C@@]12O[P@](O)OCc1ccccc12. The number of hydrogen-bond donors (Lipinski definition) is 1. The highest BCUT2D eigenvalue weighted by Gasteiger charge is 2.72. The Labute approximate surface area is 127 Å². The number of rotatable bonds is 0. The zero-order valence-electron chi connectivity index (χ0n) is 12.9. The van der Waals surface area contributed by atoms with E-state index in [1.807, 2.05) is 6.07 Å². The average Bonchev–Trinajstić information content (AvgIpc) is 2.85. The van der Waals surface area contributed by atoms with Crippen LogP contribution in [0.25, 0.3) is 0 Å². The molecular weight excluding hydrogens is 283 g/mol. The second-order valence-electron chi connectivity index (χ2n) is 7.66. The highest BCUT2D eigenvalue weighted by molar-refractivity contribution is 7.40. The molecule has 0 radical (unpaired) electrons. The highest BCUT2D eigenvalue weighted by Crippen LogP contribution is 2.76. The summed E-state index contributed by atoms with van der Waals surface area (Å²) in [6, 6.07) is 8.42. The van der Waals surface area contributed by atoms with Crippen LogP contribution in [0.5, 0.6) is 0 Å². The molecule has 4 heteroatoms. The maximum atomic E-state index is 10.3. The number of benzene rings is 1. The van der Waals surface area contributed by atoms with Gasteiger partial charge in [-0.15, -0.1) is 0 Å². The van der Waals surface area contributed by atoms with Gasteiger partial charge in [-0.05, 0) is 36.3 Å². The molecule has 1 N–H and O–H groups in total. The molecule has 0 saturated heterocycles. The minimum Gasteiger partial charge on any atom is -0.328 e. The van der Waals surface area contributed by atoms with E-state index in [9.17, 15) is 4.89 Å². The maximum absolute atomic E-state index is 10.3. The predicted molar refractivity (Wildman–Crippen MR) is 82.4 cm³/mol. The smallest absolute Gasteiger partial charge is 0.328 e. The lowest BCUT2D eigenvalue weighted by Crippen LogP contribution is -2.52. The van der Waals surface area contributed by atoms with Gasteiger partial charge < -0.3 is 9.42 Å². The summed E-state index contributed by atoms with van der Waals surface area (Å²) in [5.41, 5.74) is 2.05. The van der Waals surface area contributed by atoms with Gasteiger partial charge in [0.1, 0.15) is 5.60 Å². The topological polar surface area (TPSA) is 38.7 Å². The molecule has 114 valence electrons. The van der Waals surface area contributed by atoms with Gasteiger partial charge in [-0.1, -0.05) is 45.0 Å². The predicted octanol–water partition coefficient (Wildman–Crippen LogP) is 4.49. The van der Waals surface area contributed by atoms with Gasteiger partial charge in [0.15, 0.2) is 0 Å². The Morgan fingerprint density at radius 3 is 2.71 bits per heavy atom. The summed E-state index contributed by atoms with van der Waals surface area (Å²) in [5, 5.41) is 0. The van der Waals surface area contributed by atoms with Crippen LogP contribution >= 0.6 is 8.60 Å². The molecule has 4 atom stereocenters. The third-order valence-corrected chi connectivity index (χ3v) is 7.24. The molecular formula is C17H23O3P. The van der Waals surface area contributed by atoms with E-state index in [1.165, 1.54) is 30.4 Å². The van der Waals surface area contributed by atoms with E-state index in [1.54, 1.807) is 0 Å². The Morgan fingerprint density at radius 2 is 2.00 bits per heavy atom. The molecule has 2 bridgehead atoms. The molecule has 1 heterocycles. The minimum absolute atomic E-state index is 0.00706. The summed E-state index contributed by atoms with van der Waals surface area (Å²) in [7, 11) is -1.83. The normalized spacial score (nSPS) is 43.8. The van der Waals surface area contributed by atoms with Crippen molar-refractivity contribution in [3.05, 3.63) is 35.4 Å². The van der Waals surface area contributed by atoms with Gasteiger partial charge in [0, 0.05) is 10.8 Å². The molecule has 0 amide bonds. The van der Waals surface area contributed by atoms with Crippen molar-refractivity contribution in [1.29, 1.82) is 0 Å². The van der Waals surface area contributed by atoms with E-state index in [0.29, 0.717) is 12.5 Å². The first-order valence-electron chi connectivity index (χ1n) is 7.80. The Hall–Kier alpha value is -0.470. The second kappa shape index (κ2) is 4.29. The first-order chi connectivity index (χ1) is 9.91. The highest BCUT2D eigenvalue weighted by atomic mass is 31.2. The zero-order chi connectivity index (χ0) is 14.9. The quantitative estimate of drug-likeness (QED) is 0.718. The lowest BCUT2D eigenvalue weighted by atomic mass is 9.57. The van der Waals surface area contributed by atoms with E-state index < -0.39 is 14.2 Å². The molecule has 2 saturated carbocycles. The molecule has 4 rings (SSSR count). The molecule has 0 unspecified atom stereocenters. The van der Waals surface area contributed by atoms with Gasteiger partial charge in [0.2, 0.25) is 0 Å². The molecule has 1 aromatic carbocycles. The summed E-state index contributed by atoms with van der Waals surface area (Å²) in [6.07, 6.45) is 3.61. The lowest BCUT2D eigenvalue weighted by molar-refractivity contribution is -0.132. The van der Waals surface area contributed by atoms with Gasteiger partial charge in [-0.3, -0.25) is 4.52 Å². The van der Waals surface area contributed by atoms with Crippen LogP contribution in [0.15, 0.2) is 24.3 Å². The van der Waals surface area contributed by atoms with Crippen molar-refractivity contribution in [2.75, 3.05) is 0 Å². The lowest BCUT2D eigenvalue weighted by Gasteiger charge is -2.53. The van der Waals surface area contributed by atoms with Crippen LogP contribution in [0.3, 0.4) is 0 Å². The fourth-order valence-corrected chi connectivity index (χ4v) is 6.54. The fourth-order valence-electron chi connectivity index (χ4n) is 5.45. The molecule has 3 aliphatic rings. The molecule has 21 heavy (non-hydrogen) atoms. The standard InChI is InChI=1S/C17H23O3P/c1-15(2)13-8-9-16(3,10-13)17(15)14-7-5-4-6-12(14)11-19-21(18)20-17/h4-7,13,18H,8-11H2,1-3H3/t13-,16+,17-,21+/m0/s1. The second-order valence-corrected chi connectivity index (χ2v) is 8.58. The molecule has 1 aromatic rings. The van der Waals surface area contributed by atoms with Crippen molar-refractivity contribution in [2.45, 2.75) is 52.2 Å². The Balaban J connectivity index is 2.00. The van der Waals surface area contributed by atoms with Gasteiger partial charge in [-0.2, -0.15) is 0 Å². The van der Waals surface area contributed by atoms with Gasteiger partial charge in [-0.25, -0.2) is 0 Å². The van der Waals surface area contributed by atoms with E-state index in [0.717, 1.165) is 0 Å². The van der Waals surface area contributed by atoms with Gasteiger partial charge in [0.05, 0.1) is 6.61 Å². The van der Waals surface area contributed by atoms with Gasteiger partial charge >= 0.3 is 8.60 Å². The molecule has 2 aliphatic carbocycles. The molecule has 1 spiro atoms. The Morgan fingerprint density at radius 1 is 1.24 bits per heavy atom.